The van der Waals surface area contributed by atoms with E-state index < -0.39 is 16.0 Å². The third-order valence-electron chi connectivity index (χ3n) is 5.73. The molecule has 9 heteroatoms. The van der Waals surface area contributed by atoms with Gasteiger partial charge in [0.1, 0.15) is 5.75 Å². The molecule has 2 aromatic rings. The fourth-order valence-electron chi connectivity index (χ4n) is 3.85. The molecular weight excluding hydrogens is 444 g/mol. The quantitative estimate of drug-likeness (QED) is 0.464. The second kappa shape index (κ2) is 11.2. The van der Waals surface area contributed by atoms with Crippen LogP contribution < -0.4 is 14.4 Å². The number of benzene rings is 2. The summed E-state index contributed by atoms with van der Waals surface area (Å²) >= 11 is 0. The lowest BCUT2D eigenvalue weighted by Gasteiger charge is -2.21. The molecule has 1 fully saturated rings. The van der Waals surface area contributed by atoms with Gasteiger partial charge in [0, 0.05) is 13.1 Å². The second-order valence-corrected chi connectivity index (χ2v) is 9.97. The van der Waals surface area contributed by atoms with Crippen molar-refractivity contribution in [3.05, 3.63) is 54.1 Å². The van der Waals surface area contributed by atoms with Gasteiger partial charge in [0.05, 0.1) is 23.3 Å². The number of hydrogen-bond donors (Lipinski definition) is 1. The van der Waals surface area contributed by atoms with Crippen LogP contribution in [0.25, 0.3) is 0 Å². The third kappa shape index (κ3) is 6.25. The number of carbonyl (C=O) groups excluding carboxylic acids is 2. The molecule has 0 saturated heterocycles. The lowest BCUT2D eigenvalue weighted by molar-refractivity contribution is -0.125. The maximum atomic E-state index is 13.0. The van der Waals surface area contributed by atoms with E-state index >= 15 is 0 Å². The van der Waals surface area contributed by atoms with Gasteiger partial charge < -0.3 is 14.8 Å². The van der Waals surface area contributed by atoms with Crippen molar-refractivity contribution in [2.75, 3.05) is 25.1 Å². The van der Waals surface area contributed by atoms with E-state index in [0.717, 1.165) is 30.0 Å². The van der Waals surface area contributed by atoms with Crippen LogP contribution in [0.2, 0.25) is 0 Å². The molecule has 3 rings (SSSR count). The van der Waals surface area contributed by atoms with Crippen LogP contribution in [0.1, 0.15) is 48.9 Å². The highest BCUT2D eigenvalue weighted by atomic mass is 32.2. The predicted octanol–water partition coefficient (Wildman–Crippen LogP) is 3.52. The van der Waals surface area contributed by atoms with E-state index in [1.54, 1.807) is 24.3 Å². The summed E-state index contributed by atoms with van der Waals surface area (Å²) in [5.41, 5.74) is 0.555. The molecule has 1 N–H and O–H groups in total. The van der Waals surface area contributed by atoms with Gasteiger partial charge in [-0.25, -0.2) is 13.2 Å². The minimum atomic E-state index is -3.88. The Hall–Kier alpha value is -3.07. The maximum Gasteiger partial charge on any atom is 0.338 e. The van der Waals surface area contributed by atoms with Crippen LogP contribution in [-0.2, 0) is 19.6 Å². The zero-order chi connectivity index (χ0) is 23.8. The zero-order valence-electron chi connectivity index (χ0n) is 19.0. The first-order valence-corrected chi connectivity index (χ1v) is 12.5. The number of methoxy groups -OCH3 is 1. The van der Waals surface area contributed by atoms with Crippen LogP contribution in [-0.4, -0.2) is 47.1 Å². The first-order valence-electron chi connectivity index (χ1n) is 11.0. The molecule has 178 valence electrons. The first kappa shape index (κ1) is 24.6. The summed E-state index contributed by atoms with van der Waals surface area (Å²) in [6, 6.07) is 12.3. The Bertz CT molecular complexity index is 1060. The average Bonchev–Trinajstić information content (AvgIpc) is 3.10. The summed E-state index contributed by atoms with van der Waals surface area (Å²) in [6.45, 7) is -0.369. The summed E-state index contributed by atoms with van der Waals surface area (Å²) < 4.78 is 37.5. The molecule has 0 aromatic heterocycles. The molecule has 0 unspecified atom stereocenters. The smallest absolute Gasteiger partial charge is 0.338 e. The van der Waals surface area contributed by atoms with Crippen molar-refractivity contribution < 1.29 is 27.5 Å². The molecule has 1 amide bonds. The Morgan fingerprint density at radius 2 is 1.64 bits per heavy atom. The molecule has 33 heavy (non-hydrogen) atoms. The van der Waals surface area contributed by atoms with E-state index in [9.17, 15) is 18.0 Å². The number of carbonyl (C=O) groups is 2. The minimum absolute atomic E-state index is 0.0126. The standard InChI is InChI=1S/C24H30N2O6S/c1-26(21-11-7-8-12-22(21)31-2)33(29,30)20-15-13-18(14-16-20)24(28)32-17-23(27)25-19-9-5-3-4-6-10-19/h7-8,11-16,19H,3-6,9-10,17H2,1-2H3,(H,25,27). The molecule has 0 atom stereocenters. The normalized spacial score (nSPS) is 14.7. The molecule has 0 spiro atoms. The number of anilines is 1. The fraction of sp³-hybridized carbons (Fsp3) is 0.417. The van der Waals surface area contributed by atoms with Gasteiger partial charge in [-0.15, -0.1) is 0 Å². The van der Waals surface area contributed by atoms with Gasteiger partial charge in [-0.1, -0.05) is 37.8 Å². The first-order chi connectivity index (χ1) is 15.8. The number of nitrogens with one attached hydrogen (secondary N) is 1. The lowest BCUT2D eigenvalue weighted by Crippen LogP contribution is -2.37. The van der Waals surface area contributed by atoms with Crippen molar-refractivity contribution in [3.8, 4) is 5.75 Å². The predicted molar refractivity (Wildman–Crippen MR) is 125 cm³/mol. The van der Waals surface area contributed by atoms with Crippen LogP contribution >= 0.6 is 0 Å². The van der Waals surface area contributed by atoms with Gasteiger partial charge in [0.15, 0.2) is 6.61 Å². The van der Waals surface area contributed by atoms with Crippen molar-refractivity contribution in [2.24, 2.45) is 0 Å². The van der Waals surface area contributed by atoms with Crippen molar-refractivity contribution >= 4 is 27.6 Å². The highest BCUT2D eigenvalue weighted by molar-refractivity contribution is 7.92. The van der Waals surface area contributed by atoms with Gasteiger partial charge in [-0.05, 0) is 49.2 Å². The Kier molecular flexibility index (Phi) is 8.32. The SMILES string of the molecule is COc1ccccc1N(C)S(=O)(=O)c1ccc(C(=O)OCC(=O)NC2CCCCCC2)cc1. The fourth-order valence-corrected chi connectivity index (χ4v) is 5.05. The highest BCUT2D eigenvalue weighted by Gasteiger charge is 2.24. The number of sulfonamides is 1. The summed E-state index contributed by atoms with van der Waals surface area (Å²) in [6.07, 6.45) is 6.43. The van der Waals surface area contributed by atoms with Crippen molar-refractivity contribution in [1.29, 1.82) is 0 Å². The van der Waals surface area contributed by atoms with E-state index in [4.69, 9.17) is 9.47 Å². The van der Waals surface area contributed by atoms with E-state index in [0.29, 0.717) is 11.4 Å². The topological polar surface area (TPSA) is 102 Å². The van der Waals surface area contributed by atoms with Gasteiger partial charge >= 0.3 is 5.97 Å². The van der Waals surface area contributed by atoms with Crippen molar-refractivity contribution in [3.63, 3.8) is 0 Å². The zero-order valence-corrected chi connectivity index (χ0v) is 19.8. The van der Waals surface area contributed by atoms with Gasteiger partial charge in [-0.3, -0.25) is 9.10 Å². The van der Waals surface area contributed by atoms with Crippen molar-refractivity contribution in [1.82, 2.24) is 5.32 Å². The molecule has 0 bridgehead atoms. The molecule has 0 heterocycles. The molecule has 1 saturated carbocycles. The highest BCUT2D eigenvalue weighted by Crippen LogP contribution is 2.30. The lowest BCUT2D eigenvalue weighted by atomic mass is 10.1. The third-order valence-corrected chi connectivity index (χ3v) is 7.51. The molecule has 1 aliphatic carbocycles. The summed E-state index contributed by atoms with van der Waals surface area (Å²) in [5, 5.41) is 2.92. The Morgan fingerprint density at radius 1 is 1.00 bits per heavy atom. The minimum Gasteiger partial charge on any atom is -0.495 e. The number of esters is 1. The number of hydrogen-bond acceptors (Lipinski definition) is 6. The molecular formula is C24H30N2O6S. The van der Waals surface area contributed by atoms with Crippen LogP contribution in [0.15, 0.2) is 53.4 Å². The summed E-state index contributed by atoms with van der Waals surface area (Å²) in [7, 11) is -0.974. The number of para-hydroxylation sites is 2. The van der Waals surface area contributed by atoms with Gasteiger partial charge in [0.25, 0.3) is 15.9 Å². The summed E-state index contributed by atoms with van der Waals surface area (Å²) in [4.78, 5) is 24.5. The van der Waals surface area contributed by atoms with E-state index in [1.807, 2.05) is 0 Å². The Balaban J connectivity index is 1.60. The second-order valence-electron chi connectivity index (χ2n) is 8.00. The van der Waals surface area contributed by atoms with Crippen LogP contribution in [0.3, 0.4) is 0 Å². The number of ether oxygens (including phenoxy) is 2. The van der Waals surface area contributed by atoms with E-state index in [-0.39, 0.29) is 29.0 Å². The monoisotopic (exact) mass is 474 g/mol. The number of nitrogens with zero attached hydrogens (tertiary/aromatic N) is 1. The van der Waals surface area contributed by atoms with Crippen LogP contribution in [0.4, 0.5) is 5.69 Å². The maximum absolute atomic E-state index is 13.0. The average molecular weight is 475 g/mol. The van der Waals surface area contributed by atoms with E-state index in [2.05, 4.69) is 5.32 Å². The molecule has 0 aliphatic heterocycles. The Labute approximate surface area is 194 Å². The number of rotatable bonds is 8. The van der Waals surface area contributed by atoms with Crippen molar-refractivity contribution in [2.45, 2.75) is 49.5 Å². The molecule has 2 aromatic carbocycles. The van der Waals surface area contributed by atoms with E-state index in [1.165, 1.54) is 51.3 Å². The molecule has 1 aliphatic rings. The largest absolute Gasteiger partial charge is 0.495 e. The van der Waals surface area contributed by atoms with Crippen LogP contribution in [0, 0.1) is 0 Å². The van der Waals surface area contributed by atoms with Gasteiger partial charge in [-0.2, -0.15) is 0 Å². The van der Waals surface area contributed by atoms with Crippen LogP contribution in [0.5, 0.6) is 5.75 Å². The molecule has 8 nitrogen and oxygen atoms in total. The Morgan fingerprint density at radius 3 is 2.27 bits per heavy atom. The molecule has 0 radical (unpaired) electrons. The summed E-state index contributed by atoms with van der Waals surface area (Å²) in [5.74, 6) is -0.591. The number of amides is 1. The van der Waals surface area contributed by atoms with Gasteiger partial charge in [0.2, 0.25) is 0 Å².